The highest BCUT2D eigenvalue weighted by atomic mass is 16.3. The number of hydrogen-bond donors (Lipinski definition) is 4. The van der Waals surface area contributed by atoms with Gasteiger partial charge in [0.05, 0.1) is 24.4 Å². The smallest absolute Gasteiger partial charge is 0.189 e. The molecule has 9 unspecified atom stereocenters. The molecule has 0 radical (unpaired) electrons. The van der Waals surface area contributed by atoms with E-state index in [1.807, 2.05) is 48.5 Å². The third-order valence-corrected chi connectivity index (χ3v) is 13.4. The molecule has 0 amide bonds. The van der Waals surface area contributed by atoms with E-state index in [-0.39, 0.29) is 47.7 Å². The van der Waals surface area contributed by atoms with Crippen molar-refractivity contribution in [1.29, 1.82) is 0 Å². The van der Waals surface area contributed by atoms with Crippen molar-refractivity contribution in [2.75, 3.05) is 19.7 Å². The second kappa shape index (κ2) is 11.0. The van der Waals surface area contributed by atoms with Crippen LogP contribution in [0, 0.1) is 33.5 Å². The fraction of sp³-hybridized carbons (Fsp3) is 0.564. The highest BCUT2D eigenvalue weighted by Crippen LogP contribution is 2.78. The summed E-state index contributed by atoms with van der Waals surface area (Å²) in [5.74, 6) is 0.377. The monoisotopic (exact) mass is 611 g/mol. The number of allylic oxidation sites excluding steroid dienone is 4. The van der Waals surface area contributed by atoms with Gasteiger partial charge in [-0.05, 0) is 67.8 Å². The number of benzene rings is 2. The third kappa shape index (κ3) is 4.51. The van der Waals surface area contributed by atoms with Crippen molar-refractivity contribution in [3.05, 3.63) is 95.6 Å². The van der Waals surface area contributed by atoms with E-state index in [1.54, 1.807) is 0 Å². The molecule has 2 spiro atoms. The van der Waals surface area contributed by atoms with Gasteiger partial charge >= 0.3 is 0 Å². The quantitative estimate of drug-likeness (QED) is 0.226. The van der Waals surface area contributed by atoms with Gasteiger partial charge in [0.25, 0.3) is 0 Å². The highest BCUT2D eigenvalue weighted by Gasteiger charge is 2.74. The molecule has 0 heterocycles. The maximum absolute atomic E-state index is 14.6. The van der Waals surface area contributed by atoms with Gasteiger partial charge < -0.3 is 20.4 Å². The minimum absolute atomic E-state index is 0.0622. The molecule has 4 N–H and O–H groups in total. The summed E-state index contributed by atoms with van der Waals surface area (Å²) in [5.41, 5.74) is 0.220. The number of nitrogens with zero attached hydrogens (tertiary/aromatic N) is 1. The van der Waals surface area contributed by atoms with Crippen LogP contribution in [0.15, 0.2) is 84.5 Å². The van der Waals surface area contributed by atoms with Crippen molar-refractivity contribution in [2.45, 2.75) is 83.1 Å². The molecule has 0 saturated heterocycles. The summed E-state index contributed by atoms with van der Waals surface area (Å²) >= 11 is 0. The predicted molar refractivity (Wildman–Crippen MR) is 174 cm³/mol. The summed E-state index contributed by atoms with van der Waals surface area (Å²) in [6, 6.07) is 19.7. The number of rotatable bonds is 9. The second-order valence-electron chi connectivity index (χ2n) is 15.5. The van der Waals surface area contributed by atoms with E-state index in [0.29, 0.717) is 31.5 Å². The zero-order valence-corrected chi connectivity index (χ0v) is 26.7. The number of ketones is 1. The number of carbonyl (C=O) groups is 1. The van der Waals surface area contributed by atoms with Crippen LogP contribution in [0.5, 0.6) is 0 Å². The molecule has 6 aliphatic rings. The number of fused-ring (bicyclic) bond motifs is 1. The van der Waals surface area contributed by atoms with Crippen LogP contribution in [0.2, 0.25) is 0 Å². The SMILES string of the molecule is CC12CCC(O)CC13C=CC1(C(C(=O)c4ccccc4)=C3)C2CCC2(C)C1CCC2(O)CN(Cc1ccccc1)CC(O)CO. The summed E-state index contributed by atoms with van der Waals surface area (Å²) in [6.45, 7) is 5.54. The van der Waals surface area contributed by atoms with Crippen molar-refractivity contribution in [3.8, 4) is 0 Å². The van der Waals surface area contributed by atoms with Gasteiger partial charge in [-0.15, -0.1) is 0 Å². The van der Waals surface area contributed by atoms with Crippen molar-refractivity contribution < 1.29 is 25.2 Å². The summed E-state index contributed by atoms with van der Waals surface area (Å²) < 4.78 is 0. The van der Waals surface area contributed by atoms with Gasteiger partial charge in [-0.3, -0.25) is 9.69 Å². The lowest BCUT2D eigenvalue weighted by atomic mass is 9.32. The fourth-order valence-corrected chi connectivity index (χ4v) is 11.1. The molecule has 2 bridgehead atoms. The standard InChI is InChI=1S/C39H49NO5/c1-35-16-13-29(42)21-37(35)19-20-39(31(22-37)34(44)28-11-7-4-8-12-28)32(35)14-17-36(2)33(39)15-18-38(36,45)26-40(24-30(43)25-41)23-27-9-5-3-6-10-27/h3-12,19-20,22,29-30,32-33,41-43,45H,13-18,21,23-26H2,1-2H3. The lowest BCUT2D eigenvalue weighted by Gasteiger charge is -2.71. The van der Waals surface area contributed by atoms with Crippen LogP contribution >= 0.6 is 0 Å². The lowest BCUT2D eigenvalue weighted by molar-refractivity contribution is -0.177. The largest absolute Gasteiger partial charge is 0.394 e. The van der Waals surface area contributed by atoms with Crippen LogP contribution in [0.25, 0.3) is 0 Å². The molecule has 9 atom stereocenters. The Hall–Kier alpha value is -2.61. The zero-order chi connectivity index (χ0) is 31.7. The predicted octanol–water partition coefficient (Wildman–Crippen LogP) is 5.32. The number of hydrogen-bond acceptors (Lipinski definition) is 6. The Bertz CT molecular complexity index is 1490. The van der Waals surface area contributed by atoms with Crippen molar-refractivity contribution >= 4 is 5.78 Å². The molecule has 3 saturated carbocycles. The van der Waals surface area contributed by atoms with E-state index < -0.39 is 22.5 Å². The molecule has 0 aromatic heterocycles. The minimum atomic E-state index is -1.04. The van der Waals surface area contributed by atoms with E-state index in [9.17, 15) is 25.2 Å². The lowest BCUT2D eigenvalue weighted by Crippen LogP contribution is -2.67. The summed E-state index contributed by atoms with van der Waals surface area (Å²) in [7, 11) is 0. The summed E-state index contributed by atoms with van der Waals surface area (Å²) in [4.78, 5) is 16.7. The Morgan fingerprint density at radius 2 is 1.56 bits per heavy atom. The van der Waals surface area contributed by atoms with Crippen LogP contribution in [-0.2, 0) is 6.54 Å². The first kappa shape index (κ1) is 31.0. The van der Waals surface area contributed by atoms with E-state index in [1.165, 1.54) is 0 Å². The van der Waals surface area contributed by atoms with Crippen molar-refractivity contribution in [1.82, 2.24) is 4.90 Å². The van der Waals surface area contributed by atoms with Crippen molar-refractivity contribution in [2.24, 2.45) is 33.5 Å². The Labute approximate surface area is 267 Å². The molecule has 2 aromatic rings. The normalized spacial score (nSPS) is 40.4. The first-order valence-electron chi connectivity index (χ1n) is 17.0. The average Bonchev–Trinajstić information content (AvgIpc) is 3.31. The number of aliphatic hydroxyl groups is 4. The van der Waals surface area contributed by atoms with Gasteiger partial charge in [0, 0.05) is 47.0 Å². The summed E-state index contributed by atoms with van der Waals surface area (Å²) in [6.07, 6.45) is 11.2. The maximum atomic E-state index is 14.6. The first-order valence-corrected chi connectivity index (χ1v) is 17.0. The molecule has 0 aliphatic heterocycles. The van der Waals surface area contributed by atoms with Crippen LogP contribution < -0.4 is 0 Å². The van der Waals surface area contributed by atoms with E-state index >= 15 is 0 Å². The molecule has 45 heavy (non-hydrogen) atoms. The highest BCUT2D eigenvalue weighted by molar-refractivity contribution is 6.10. The van der Waals surface area contributed by atoms with Gasteiger partial charge in [0.15, 0.2) is 5.78 Å². The topological polar surface area (TPSA) is 101 Å². The molecule has 2 aromatic carbocycles. The first-order chi connectivity index (χ1) is 21.5. The summed E-state index contributed by atoms with van der Waals surface area (Å²) in [5, 5.41) is 44.0. The van der Waals surface area contributed by atoms with Crippen LogP contribution in [-0.4, -0.2) is 68.6 Å². The molecule has 6 aliphatic carbocycles. The Morgan fingerprint density at radius 1 is 0.911 bits per heavy atom. The Kier molecular flexibility index (Phi) is 7.57. The molecule has 6 heteroatoms. The molecular weight excluding hydrogens is 562 g/mol. The van der Waals surface area contributed by atoms with Gasteiger partial charge in [0.1, 0.15) is 0 Å². The van der Waals surface area contributed by atoms with Gasteiger partial charge in [0.2, 0.25) is 0 Å². The third-order valence-electron chi connectivity index (χ3n) is 13.4. The molecule has 6 nitrogen and oxygen atoms in total. The van der Waals surface area contributed by atoms with Crippen LogP contribution in [0.3, 0.4) is 0 Å². The zero-order valence-electron chi connectivity index (χ0n) is 26.7. The van der Waals surface area contributed by atoms with Gasteiger partial charge in [-0.2, -0.15) is 0 Å². The number of Topliss-reactive ketones (excluding diaryl/α,β-unsaturated/α-hetero) is 1. The second-order valence-corrected chi connectivity index (χ2v) is 15.5. The minimum Gasteiger partial charge on any atom is -0.394 e. The van der Waals surface area contributed by atoms with Crippen LogP contribution in [0.1, 0.15) is 74.7 Å². The van der Waals surface area contributed by atoms with E-state index in [2.05, 4.69) is 49.1 Å². The average molecular weight is 612 g/mol. The molecule has 240 valence electrons. The van der Waals surface area contributed by atoms with Gasteiger partial charge in [-0.25, -0.2) is 0 Å². The number of aliphatic hydroxyl groups excluding tert-OH is 3. The van der Waals surface area contributed by atoms with E-state index in [4.69, 9.17) is 0 Å². The maximum Gasteiger partial charge on any atom is 0.189 e. The van der Waals surface area contributed by atoms with Crippen molar-refractivity contribution in [3.63, 3.8) is 0 Å². The number of carbonyl (C=O) groups excluding carboxylic acids is 1. The van der Waals surface area contributed by atoms with Crippen LogP contribution in [0.4, 0.5) is 0 Å². The van der Waals surface area contributed by atoms with Gasteiger partial charge in [-0.1, -0.05) is 92.7 Å². The Morgan fingerprint density at radius 3 is 2.27 bits per heavy atom. The molecular formula is C39H49NO5. The molecule has 8 rings (SSSR count). The molecule has 3 fully saturated rings. The van der Waals surface area contributed by atoms with E-state index in [0.717, 1.165) is 43.2 Å². The Balaban J connectivity index is 1.30. The fourth-order valence-electron chi connectivity index (χ4n) is 11.1.